The number of nitrogens with one attached hydrogen (secondary N) is 4. The van der Waals surface area contributed by atoms with Crippen LogP contribution in [0.3, 0.4) is 0 Å². The molecule has 4 heterocycles. The summed E-state index contributed by atoms with van der Waals surface area (Å²) in [4.78, 5) is 78.2. The van der Waals surface area contributed by atoms with Crippen molar-refractivity contribution in [2.45, 2.75) is 83.1 Å². The van der Waals surface area contributed by atoms with E-state index in [0.717, 1.165) is 17.4 Å². The van der Waals surface area contributed by atoms with Gasteiger partial charge >= 0.3 is 0 Å². The highest BCUT2D eigenvalue weighted by atomic mass is 19.1. The first-order valence-corrected chi connectivity index (χ1v) is 17.6. The van der Waals surface area contributed by atoms with E-state index >= 15 is 0 Å². The van der Waals surface area contributed by atoms with Crippen LogP contribution in [0.2, 0.25) is 0 Å². The number of halogens is 1. The summed E-state index contributed by atoms with van der Waals surface area (Å²) >= 11 is 0. The third-order valence-corrected chi connectivity index (χ3v) is 9.23. The highest BCUT2D eigenvalue weighted by molar-refractivity contribution is 5.97. The molecule has 278 valence electrons. The van der Waals surface area contributed by atoms with Gasteiger partial charge in [0.25, 0.3) is 11.8 Å². The number of nitrogens with zero attached hydrogens (tertiary/aromatic N) is 3. The van der Waals surface area contributed by atoms with Crippen LogP contribution in [-0.4, -0.2) is 69.1 Å². The molecule has 0 aliphatic carbocycles. The van der Waals surface area contributed by atoms with Crippen molar-refractivity contribution in [1.82, 2.24) is 36.1 Å². The van der Waals surface area contributed by atoms with Crippen molar-refractivity contribution in [2.24, 2.45) is 5.92 Å². The predicted molar refractivity (Wildman–Crippen MR) is 187 cm³/mol. The standard InChI is InChI=1S/C38H42FN7O7/c1-21(2)15-27-33(48)40-22(3)36-45-30(20-52-36)38(51)46-18-26(41-32(47)14-11-23-9-12-25(39)13-10-23)17-31(46)35(50)43-28(16-24-7-5-4-6-8-24)37-44-29(19-53-37)34(49)42-27/h4-10,12-13,19-22,26-28,31H,11,14-18H2,1-3H3,(H,40,48)(H,41,47)(H,42,49)(H,43,50)/t22-,26+,27-,28+,31+/m1/s1. The van der Waals surface area contributed by atoms with Crippen LogP contribution in [0.1, 0.15) is 96.0 Å². The normalized spacial score (nSPS) is 22.4. The Labute approximate surface area is 305 Å². The number of amides is 5. The molecule has 0 unspecified atom stereocenters. The molecule has 4 bridgehead atoms. The smallest absolute Gasteiger partial charge is 0.276 e. The van der Waals surface area contributed by atoms with Gasteiger partial charge in [-0.3, -0.25) is 24.0 Å². The molecule has 5 atom stereocenters. The van der Waals surface area contributed by atoms with E-state index in [9.17, 15) is 28.4 Å². The lowest BCUT2D eigenvalue weighted by Gasteiger charge is -2.25. The Morgan fingerprint density at radius 1 is 0.887 bits per heavy atom. The zero-order valence-electron chi connectivity index (χ0n) is 29.6. The first-order valence-electron chi connectivity index (χ1n) is 17.6. The van der Waals surface area contributed by atoms with Gasteiger partial charge in [-0.2, -0.15) is 0 Å². The Morgan fingerprint density at radius 2 is 1.58 bits per heavy atom. The van der Waals surface area contributed by atoms with Crippen LogP contribution in [0.15, 0.2) is 76.0 Å². The van der Waals surface area contributed by atoms with E-state index in [0.29, 0.717) is 12.8 Å². The monoisotopic (exact) mass is 727 g/mol. The van der Waals surface area contributed by atoms with E-state index in [1.807, 2.05) is 44.2 Å². The lowest BCUT2D eigenvalue weighted by molar-refractivity contribution is -0.126. The number of carbonyl (C=O) groups excluding carboxylic acids is 5. The van der Waals surface area contributed by atoms with Gasteiger partial charge in [-0.1, -0.05) is 56.3 Å². The van der Waals surface area contributed by atoms with Crippen LogP contribution < -0.4 is 21.3 Å². The summed E-state index contributed by atoms with van der Waals surface area (Å²) in [5, 5.41) is 11.5. The first kappa shape index (κ1) is 36.9. The van der Waals surface area contributed by atoms with Gasteiger partial charge in [0.1, 0.15) is 42.5 Å². The number of fused-ring (bicyclic) bond motifs is 5. The molecule has 4 N–H and O–H groups in total. The third kappa shape index (κ3) is 9.15. The maximum absolute atomic E-state index is 14.2. The van der Waals surface area contributed by atoms with E-state index in [4.69, 9.17) is 8.83 Å². The molecular weight excluding hydrogens is 685 g/mol. The molecule has 5 amide bonds. The molecule has 15 heteroatoms. The van der Waals surface area contributed by atoms with Crippen molar-refractivity contribution >= 4 is 29.5 Å². The van der Waals surface area contributed by atoms with Gasteiger partial charge in [0, 0.05) is 25.4 Å². The van der Waals surface area contributed by atoms with Crippen molar-refractivity contribution in [3.63, 3.8) is 0 Å². The van der Waals surface area contributed by atoms with Gasteiger partial charge in [0.2, 0.25) is 29.5 Å². The van der Waals surface area contributed by atoms with Gasteiger partial charge in [0.15, 0.2) is 11.4 Å². The summed E-state index contributed by atoms with van der Waals surface area (Å²) in [6.07, 6.45) is 3.46. The van der Waals surface area contributed by atoms with E-state index in [1.54, 1.807) is 19.1 Å². The van der Waals surface area contributed by atoms with Crippen molar-refractivity contribution in [2.75, 3.05) is 6.54 Å². The van der Waals surface area contributed by atoms with E-state index in [-0.39, 0.29) is 66.6 Å². The maximum atomic E-state index is 14.2. The minimum Gasteiger partial charge on any atom is -0.446 e. The fourth-order valence-corrected chi connectivity index (χ4v) is 6.53. The van der Waals surface area contributed by atoms with Crippen LogP contribution in [0, 0.1) is 11.7 Å². The molecule has 4 aromatic rings. The van der Waals surface area contributed by atoms with Crippen LogP contribution >= 0.6 is 0 Å². The van der Waals surface area contributed by atoms with Gasteiger partial charge in [-0.15, -0.1) is 0 Å². The number of oxazole rings is 2. The molecule has 6 rings (SSSR count). The first-order chi connectivity index (χ1) is 25.4. The second-order valence-electron chi connectivity index (χ2n) is 13.9. The van der Waals surface area contributed by atoms with E-state index in [2.05, 4.69) is 31.2 Å². The summed E-state index contributed by atoms with van der Waals surface area (Å²) in [6.45, 7) is 5.46. The molecule has 14 nitrogen and oxygen atoms in total. The summed E-state index contributed by atoms with van der Waals surface area (Å²) in [5.74, 6) is -2.78. The van der Waals surface area contributed by atoms with Gasteiger partial charge in [0.05, 0.1) is 0 Å². The summed E-state index contributed by atoms with van der Waals surface area (Å²) < 4.78 is 24.7. The predicted octanol–water partition coefficient (Wildman–Crippen LogP) is 3.57. The minimum absolute atomic E-state index is 0.00273. The highest BCUT2D eigenvalue weighted by Crippen LogP contribution is 2.26. The molecule has 1 saturated heterocycles. The van der Waals surface area contributed by atoms with E-state index < -0.39 is 53.8 Å². The van der Waals surface area contributed by atoms with Crippen molar-refractivity contribution in [1.29, 1.82) is 0 Å². The Hall–Kier alpha value is -5.86. The van der Waals surface area contributed by atoms with Crippen molar-refractivity contribution in [3.05, 3.63) is 107 Å². The fraction of sp³-hybridized carbons (Fsp3) is 0.395. The number of rotatable bonds is 8. The Bertz CT molecular complexity index is 1940. The SMILES string of the molecule is CC(C)C[C@H]1NC(=O)c2coc(n2)[C@H](Cc2ccccc2)NC(=O)[C@@H]2C[C@H](NC(=O)CCc3ccc(F)cc3)CN2C(=O)c2coc(n2)[C@@H](C)NC1=O. The van der Waals surface area contributed by atoms with Crippen molar-refractivity contribution in [3.8, 4) is 0 Å². The largest absolute Gasteiger partial charge is 0.446 e. The second kappa shape index (κ2) is 16.2. The Morgan fingerprint density at radius 3 is 2.32 bits per heavy atom. The van der Waals surface area contributed by atoms with Gasteiger partial charge in [-0.05, 0) is 55.4 Å². The Kier molecular flexibility index (Phi) is 11.3. The zero-order chi connectivity index (χ0) is 37.6. The number of benzene rings is 2. The quantitative estimate of drug-likeness (QED) is 0.210. The van der Waals surface area contributed by atoms with Crippen LogP contribution in [0.4, 0.5) is 4.39 Å². The van der Waals surface area contributed by atoms with Gasteiger partial charge in [-0.25, -0.2) is 14.4 Å². The lowest BCUT2D eigenvalue weighted by atomic mass is 10.0. The number of aryl methyl sites for hydroxylation is 1. The summed E-state index contributed by atoms with van der Waals surface area (Å²) in [6, 6.07) is 11.0. The molecule has 0 saturated carbocycles. The van der Waals surface area contributed by atoms with E-state index in [1.165, 1.54) is 23.3 Å². The number of hydrogen-bond donors (Lipinski definition) is 4. The maximum Gasteiger partial charge on any atom is 0.276 e. The molecule has 2 aromatic carbocycles. The number of carbonyl (C=O) groups is 5. The fourth-order valence-electron chi connectivity index (χ4n) is 6.53. The molecular formula is C38H42FN7O7. The molecule has 2 aliphatic heterocycles. The summed E-state index contributed by atoms with van der Waals surface area (Å²) in [5.41, 5.74) is 1.46. The van der Waals surface area contributed by atoms with Crippen LogP contribution in [-0.2, 0) is 27.2 Å². The highest BCUT2D eigenvalue weighted by Gasteiger charge is 2.42. The topological polar surface area (TPSA) is 189 Å². The van der Waals surface area contributed by atoms with Crippen LogP contribution in [0.5, 0.6) is 0 Å². The molecule has 1 fully saturated rings. The molecule has 0 spiro atoms. The Balaban J connectivity index is 1.30. The molecule has 53 heavy (non-hydrogen) atoms. The second-order valence-corrected chi connectivity index (χ2v) is 13.9. The average Bonchev–Trinajstić information content (AvgIpc) is 3.91. The average molecular weight is 728 g/mol. The van der Waals surface area contributed by atoms with Crippen LogP contribution in [0.25, 0.3) is 0 Å². The summed E-state index contributed by atoms with van der Waals surface area (Å²) in [7, 11) is 0. The number of hydrogen-bond acceptors (Lipinski definition) is 9. The zero-order valence-corrected chi connectivity index (χ0v) is 29.6. The minimum atomic E-state index is -1.05. The van der Waals surface area contributed by atoms with Crippen molar-refractivity contribution < 1.29 is 37.2 Å². The third-order valence-electron chi connectivity index (χ3n) is 9.23. The van der Waals surface area contributed by atoms with Gasteiger partial charge < -0.3 is 35.0 Å². The number of aromatic nitrogens is 2. The molecule has 0 radical (unpaired) electrons. The molecule has 2 aromatic heterocycles. The lowest BCUT2D eigenvalue weighted by Crippen LogP contribution is -2.48. The molecule has 2 aliphatic rings.